The molecule has 1 aliphatic heterocycles. The second-order valence-corrected chi connectivity index (χ2v) is 4.16. The zero-order valence-corrected chi connectivity index (χ0v) is 9.51. The van der Waals surface area contributed by atoms with Crippen LogP contribution in [-0.4, -0.2) is 39.4 Å². The third-order valence-electron chi connectivity index (χ3n) is 3.01. The summed E-state index contributed by atoms with van der Waals surface area (Å²) in [7, 11) is 1.77. The zero-order valence-electron chi connectivity index (χ0n) is 9.51. The van der Waals surface area contributed by atoms with Crippen LogP contribution in [0.5, 0.6) is 0 Å². The van der Waals surface area contributed by atoms with Gasteiger partial charge in [0.05, 0.1) is 6.61 Å². The number of rotatable bonds is 6. The SMILES string of the molecule is CCC(COC)NCC1CCNCC1. The van der Waals surface area contributed by atoms with E-state index in [0.29, 0.717) is 6.04 Å². The van der Waals surface area contributed by atoms with Gasteiger partial charge in [0.15, 0.2) is 0 Å². The first-order valence-electron chi connectivity index (χ1n) is 5.79. The molecule has 0 aromatic rings. The van der Waals surface area contributed by atoms with Crippen LogP contribution in [0.2, 0.25) is 0 Å². The maximum Gasteiger partial charge on any atom is 0.0615 e. The summed E-state index contributed by atoms with van der Waals surface area (Å²) in [6.07, 6.45) is 3.78. The van der Waals surface area contributed by atoms with Crippen LogP contribution in [0.15, 0.2) is 0 Å². The maximum absolute atomic E-state index is 5.16. The van der Waals surface area contributed by atoms with Crippen molar-refractivity contribution in [3.05, 3.63) is 0 Å². The molecular formula is C11H24N2O. The van der Waals surface area contributed by atoms with E-state index < -0.39 is 0 Å². The van der Waals surface area contributed by atoms with Crippen molar-refractivity contribution in [2.75, 3.05) is 33.4 Å². The van der Waals surface area contributed by atoms with Crippen molar-refractivity contribution >= 4 is 0 Å². The summed E-state index contributed by atoms with van der Waals surface area (Å²) in [4.78, 5) is 0. The van der Waals surface area contributed by atoms with Crippen LogP contribution in [0, 0.1) is 5.92 Å². The van der Waals surface area contributed by atoms with E-state index in [-0.39, 0.29) is 0 Å². The summed E-state index contributed by atoms with van der Waals surface area (Å²) in [5.74, 6) is 0.863. The van der Waals surface area contributed by atoms with Gasteiger partial charge in [-0.1, -0.05) is 6.92 Å². The molecule has 0 aromatic heterocycles. The Morgan fingerprint density at radius 3 is 2.71 bits per heavy atom. The van der Waals surface area contributed by atoms with Gasteiger partial charge in [-0.15, -0.1) is 0 Å². The highest BCUT2D eigenvalue weighted by Crippen LogP contribution is 2.10. The summed E-state index contributed by atoms with van der Waals surface area (Å²) < 4.78 is 5.16. The first-order valence-corrected chi connectivity index (χ1v) is 5.79. The minimum Gasteiger partial charge on any atom is -0.383 e. The lowest BCUT2D eigenvalue weighted by Crippen LogP contribution is -2.39. The van der Waals surface area contributed by atoms with Crippen molar-refractivity contribution in [3.8, 4) is 0 Å². The second kappa shape index (κ2) is 7.21. The van der Waals surface area contributed by atoms with E-state index in [1.54, 1.807) is 7.11 Å². The lowest BCUT2D eigenvalue weighted by molar-refractivity contribution is 0.160. The number of hydrogen-bond donors (Lipinski definition) is 2. The molecule has 0 spiro atoms. The molecule has 1 rings (SSSR count). The van der Waals surface area contributed by atoms with Gasteiger partial charge in [-0.25, -0.2) is 0 Å². The van der Waals surface area contributed by atoms with E-state index in [4.69, 9.17) is 4.74 Å². The molecule has 3 nitrogen and oxygen atoms in total. The summed E-state index contributed by atoms with van der Waals surface area (Å²) in [6.45, 7) is 6.57. The molecule has 0 bridgehead atoms. The largest absolute Gasteiger partial charge is 0.383 e. The van der Waals surface area contributed by atoms with Gasteiger partial charge in [0.25, 0.3) is 0 Å². The van der Waals surface area contributed by atoms with Gasteiger partial charge in [0, 0.05) is 13.2 Å². The molecule has 1 heterocycles. The Labute approximate surface area is 87.6 Å². The summed E-state index contributed by atoms with van der Waals surface area (Å²) in [5.41, 5.74) is 0. The molecule has 14 heavy (non-hydrogen) atoms. The monoisotopic (exact) mass is 200 g/mol. The lowest BCUT2D eigenvalue weighted by atomic mass is 9.98. The van der Waals surface area contributed by atoms with Crippen molar-refractivity contribution in [1.82, 2.24) is 10.6 Å². The Morgan fingerprint density at radius 1 is 1.43 bits per heavy atom. The number of piperidine rings is 1. The second-order valence-electron chi connectivity index (χ2n) is 4.16. The number of hydrogen-bond acceptors (Lipinski definition) is 3. The van der Waals surface area contributed by atoms with Gasteiger partial charge in [-0.05, 0) is 44.8 Å². The molecule has 2 N–H and O–H groups in total. The van der Waals surface area contributed by atoms with E-state index >= 15 is 0 Å². The van der Waals surface area contributed by atoms with Gasteiger partial charge in [-0.2, -0.15) is 0 Å². The van der Waals surface area contributed by atoms with Gasteiger partial charge >= 0.3 is 0 Å². The molecule has 84 valence electrons. The summed E-state index contributed by atoms with van der Waals surface area (Å²) in [6, 6.07) is 0.537. The van der Waals surface area contributed by atoms with Crippen molar-refractivity contribution < 1.29 is 4.74 Å². The molecule has 1 atom stereocenters. The molecule has 0 saturated carbocycles. The zero-order chi connectivity index (χ0) is 10.2. The third kappa shape index (κ3) is 4.40. The molecule has 0 aliphatic carbocycles. The fraction of sp³-hybridized carbons (Fsp3) is 1.00. The molecule has 3 heteroatoms. The summed E-state index contributed by atoms with van der Waals surface area (Å²) >= 11 is 0. The minimum absolute atomic E-state index is 0.537. The molecule has 1 aliphatic rings. The molecular weight excluding hydrogens is 176 g/mol. The first-order chi connectivity index (χ1) is 6.86. The van der Waals surface area contributed by atoms with Crippen LogP contribution in [0.3, 0.4) is 0 Å². The third-order valence-corrected chi connectivity index (χ3v) is 3.01. The standard InChI is InChI=1S/C11H24N2O/c1-3-11(9-14-2)13-8-10-4-6-12-7-5-10/h10-13H,3-9H2,1-2H3. The average Bonchev–Trinajstić information content (AvgIpc) is 2.25. The predicted molar refractivity (Wildman–Crippen MR) is 59.6 cm³/mol. The molecule has 0 radical (unpaired) electrons. The van der Waals surface area contributed by atoms with Crippen molar-refractivity contribution in [1.29, 1.82) is 0 Å². The highest BCUT2D eigenvalue weighted by molar-refractivity contribution is 4.73. The predicted octanol–water partition coefficient (Wildman–Crippen LogP) is 1.00. The Morgan fingerprint density at radius 2 is 2.14 bits per heavy atom. The fourth-order valence-electron chi connectivity index (χ4n) is 1.94. The van der Waals surface area contributed by atoms with Gasteiger partial charge in [0.1, 0.15) is 0 Å². The number of nitrogens with one attached hydrogen (secondary N) is 2. The lowest BCUT2D eigenvalue weighted by Gasteiger charge is -2.25. The molecule has 1 saturated heterocycles. The molecule has 0 amide bonds. The average molecular weight is 200 g/mol. The Kier molecular flexibility index (Phi) is 6.15. The topological polar surface area (TPSA) is 33.3 Å². The van der Waals surface area contributed by atoms with E-state index in [0.717, 1.165) is 25.5 Å². The van der Waals surface area contributed by atoms with Gasteiger partial charge < -0.3 is 15.4 Å². The van der Waals surface area contributed by atoms with E-state index in [1.165, 1.54) is 25.9 Å². The van der Waals surface area contributed by atoms with Gasteiger partial charge in [-0.3, -0.25) is 0 Å². The van der Waals surface area contributed by atoms with Crippen LogP contribution in [0.25, 0.3) is 0 Å². The van der Waals surface area contributed by atoms with Crippen molar-refractivity contribution in [2.24, 2.45) is 5.92 Å². The Bertz CT molecular complexity index is 130. The van der Waals surface area contributed by atoms with Crippen molar-refractivity contribution in [2.45, 2.75) is 32.2 Å². The van der Waals surface area contributed by atoms with E-state index in [2.05, 4.69) is 17.6 Å². The minimum atomic E-state index is 0.537. The highest BCUT2D eigenvalue weighted by atomic mass is 16.5. The molecule has 1 unspecified atom stereocenters. The van der Waals surface area contributed by atoms with Crippen molar-refractivity contribution in [3.63, 3.8) is 0 Å². The van der Waals surface area contributed by atoms with Crippen LogP contribution in [-0.2, 0) is 4.74 Å². The number of methoxy groups -OCH3 is 1. The van der Waals surface area contributed by atoms with Gasteiger partial charge in [0.2, 0.25) is 0 Å². The van der Waals surface area contributed by atoms with Crippen LogP contribution >= 0.6 is 0 Å². The van der Waals surface area contributed by atoms with Crippen LogP contribution in [0.4, 0.5) is 0 Å². The first kappa shape index (κ1) is 12.0. The number of ether oxygens (including phenoxy) is 1. The molecule has 1 fully saturated rings. The van der Waals surface area contributed by atoms with Crippen LogP contribution < -0.4 is 10.6 Å². The molecule has 0 aromatic carbocycles. The maximum atomic E-state index is 5.16. The quantitative estimate of drug-likeness (QED) is 0.671. The normalized spacial score (nSPS) is 21.0. The fourth-order valence-corrected chi connectivity index (χ4v) is 1.94. The van der Waals surface area contributed by atoms with E-state index in [1.807, 2.05) is 0 Å². The van der Waals surface area contributed by atoms with Crippen LogP contribution in [0.1, 0.15) is 26.2 Å². The Hall–Kier alpha value is -0.120. The Balaban J connectivity index is 2.10. The van der Waals surface area contributed by atoms with E-state index in [9.17, 15) is 0 Å². The summed E-state index contributed by atoms with van der Waals surface area (Å²) in [5, 5.41) is 6.98. The smallest absolute Gasteiger partial charge is 0.0615 e. The highest BCUT2D eigenvalue weighted by Gasteiger charge is 2.14.